The maximum Gasteiger partial charge on any atom is 0.258 e. The van der Waals surface area contributed by atoms with Crippen LogP contribution in [-0.4, -0.2) is 17.6 Å². The molecule has 0 bridgehead atoms. The summed E-state index contributed by atoms with van der Waals surface area (Å²) < 4.78 is 0. The predicted octanol–water partition coefficient (Wildman–Crippen LogP) is 3.01. The summed E-state index contributed by atoms with van der Waals surface area (Å²) in [4.78, 5) is 36.5. The first kappa shape index (κ1) is 14.7. The molecule has 1 heterocycles. The molecule has 0 fully saturated rings. The zero-order valence-electron chi connectivity index (χ0n) is 12.2. The number of imide groups is 1. The topological polar surface area (TPSA) is 54.5 Å². The Morgan fingerprint density at radius 1 is 0.870 bits per heavy atom. The van der Waals surface area contributed by atoms with Gasteiger partial charge in [-0.25, -0.2) is 4.90 Å². The molecule has 4 nitrogen and oxygen atoms in total. The Kier molecular flexibility index (Phi) is 3.97. The van der Waals surface area contributed by atoms with Crippen molar-refractivity contribution in [1.82, 2.24) is 0 Å². The fourth-order valence-electron chi connectivity index (χ4n) is 2.29. The number of hydrogen-bond donors (Lipinski definition) is 0. The van der Waals surface area contributed by atoms with Crippen LogP contribution >= 0.6 is 0 Å². The van der Waals surface area contributed by atoms with E-state index < -0.39 is 0 Å². The Bertz CT molecular complexity index is 817. The van der Waals surface area contributed by atoms with Crippen molar-refractivity contribution in [2.75, 3.05) is 4.90 Å². The van der Waals surface area contributed by atoms with Gasteiger partial charge in [-0.2, -0.15) is 0 Å². The molecule has 0 aromatic heterocycles. The molecule has 112 valence electrons. The van der Waals surface area contributed by atoms with Gasteiger partial charge in [0, 0.05) is 17.7 Å². The summed E-state index contributed by atoms with van der Waals surface area (Å²) >= 11 is 0. The minimum atomic E-state index is -0.364. The number of hydrogen-bond acceptors (Lipinski definition) is 3. The third-order valence-corrected chi connectivity index (χ3v) is 3.42. The minimum Gasteiger partial charge on any atom is -0.289 e. The van der Waals surface area contributed by atoms with Crippen molar-refractivity contribution in [3.8, 4) is 0 Å². The van der Waals surface area contributed by atoms with E-state index in [0.29, 0.717) is 11.3 Å². The number of benzene rings is 2. The standard InChI is InChI=1S/C19H13NO3/c21-17(15-6-2-1-3-7-15)10-9-14-5-4-8-16(13-14)20-18(22)11-12-19(20)23/h1-13H. The van der Waals surface area contributed by atoms with E-state index in [2.05, 4.69) is 0 Å². The second-order valence-corrected chi connectivity index (χ2v) is 5.00. The molecule has 0 radical (unpaired) electrons. The van der Waals surface area contributed by atoms with Crippen molar-refractivity contribution in [3.05, 3.63) is 84.0 Å². The lowest BCUT2D eigenvalue weighted by molar-refractivity contribution is -0.119. The summed E-state index contributed by atoms with van der Waals surface area (Å²) in [6, 6.07) is 15.9. The fraction of sp³-hybridized carbons (Fsp3) is 0. The zero-order chi connectivity index (χ0) is 16.2. The van der Waals surface area contributed by atoms with Crippen LogP contribution < -0.4 is 4.90 Å². The zero-order valence-corrected chi connectivity index (χ0v) is 12.2. The first-order valence-electron chi connectivity index (χ1n) is 7.09. The van der Waals surface area contributed by atoms with Gasteiger partial charge >= 0.3 is 0 Å². The van der Waals surface area contributed by atoms with Crippen molar-refractivity contribution in [1.29, 1.82) is 0 Å². The summed E-state index contributed by atoms with van der Waals surface area (Å²) in [5.74, 6) is -0.834. The molecule has 0 unspecified atom stereocenters. The second-order valence-electron chi connectivity index (χ2n) is 5.00. The average Bonchev–Trinajstić information content (AvgIpc) is 2.92. The molecule has 3 rings (SSSR count). The van der Waals surface area contributed by atoms with Crippen molar-refractivity contribution in [2.45, 2.75) is 0 Å². The Balaban J connectivity index is 1.81. The van der Waals surface area contributed by atoms with Gasteiger partial charge in [-0.1, -0.05) is 48.5 Å². The van der Waals surface area contributed by atoms with E-state index in [0.717, 1.165) is 10.5 Å². The third-order valence-electron chi connectivity index (χ3n) is 3.42. The minimum absolute atomic E-state index is 0.106. The molecule has 4 heteroatoms. The van der Waals surface area contributed by atoms with E-state index in [1.807, 2.05) is 6.07 Å². The molecule has 0 saturated carbocycles. The number of anilines is 1. The second kappa shape index (κ2) is 6.23. The van der Waals surface area contributed by atoms with Gasteiger partial charge < -0.3 is 0 Å². The van der Waals surface area contributed by atoms with E-state index in [1.165, 1.54) is 18.2 Å². The van der Waals surface area contributed by atoms with E-state index >= 15 is 0 Å². The first-order chi connectivity index (χ1) is 11.1. The SMILES string of the molecule is O=C(C=Cc1cccc(N2C(=O)C=CC2=O)c1)c1ccccc1. The Hall–Kier alpha value is -3.27. The molecule has 0 aliphatic carbocycles. The molecule has 2 aromatic rings. The van der Waals surface area contributed by atoms with Gasteiger partial charge in [0.15, 0.2) is 5.78 Å². The lowest BCUT2D eigenvalue weighted by Crippen LogP contribution is -2.29. The molecule has 1 aliphatic heterocycles. The summed E-state index contributed by atoms with van der Waals surface area (Å²) in [5.41, 5.74) is 1.83. The Labute approximate surface area is 133 Å². The largest absolute Gasteiger partial charge is 0.289 e. The highest BCUT2D eigenvalue weighted by Gasteiger charge is 2.24. The van der Waals surface area contributed by atoms with Crippen molar-refractivity contribution < 1.29 is 14.4 Å². The highest BCUT2D eigenvalue weighted by atomic mass is 16.2. The molecular weight excluding hydrogens is 290 g/mol. The molecule has 23 heavy (non-hydrogen) atoms. The molecule has 2 amide bonds. The van der Waals surface area contributed by atoms with E-state index in [9.17, 15) is 14.4 Å². The number of carbonyl (C=O) groups is 3. The normalized spacial score (nSPS) is 14.0. The van der Waals surface area contributed by atoms with Crippen molar-refractivity contribution in [2.24, 2.45) is 0 Å². The van der Waals surface area contributed by atoms with E-state index in [1.54, 1.807) is 54.6 Å². The smallest absolute Gasteiger partial charge is 0.258 e. The van der Waals surface area contributed by atoms with Gasteiger partial charge in [0.2, 0.25) is 0 Å². The summed E-state index contributed by atoms with van der Waals surface area (Å²) in [7, 11) is 0. The lowest BCUT2D eigenvalue weighted by Gasteiger charge is -2.14. The van der Waals surface area contributed by atoms with Crippen molar-refractivity contribution in [3.63, 3.8) is 0 Å². The van der Waals surface area contributed by atoms with Crippen molar-refractivity contribution >= 4 is 29.4 Å². The third kappa shape index (κ3) is 3.16. The first-order valence-corrected chi connectivity index (χ1v) is 7.09. The van der Waals surface area contributed by atoms with Gasteiger partial charge in [-0.3, -0.25) is 14.4 Å². The van der Waals surface area contributed by atoms with E-state index in [-0.39, 0.29) is 17.6 Å². The molecule has 0 saturated heterocycles. The number of carbonyl (C=O) groups excluding carboxylic acids is 3. The number of allylic oxidation sites excluding steroid dienone is 1. The van der Waals surface area contributed by atoms with Gasteiger partial charge in [0.25, 0.3) is 11.8 Å². The van der Waals surface area contributed by atoms with Gasteiger partial charge in [-0.15, -0.1) is 0 Å². The van der Waals surface area contributed by atoms with Crippen LogP contribution in [0.4, 0.5) is 5.69 Å². The number of amides is 2. The molecule has 0 N–H and O–H groups in total. The van der Waals surface area contributed by atoms with Crippen LogP contribution in [0.2, 0.25) is 0 Å². The molecule has 0 atom stereocenters. The maximum absolute atomic E-state index is 12.0. The average molecular weight is 303 g/mol. The summed E-state index contributed by atoms with van der Waals surface area (Å²) in [6.07, 6.45) is 5.62. The van der Waals surface area contributed by atoms with Gasteiger partial charge in [0.1, 0.15) is 0 Å². The van der Waals surface area contributed by atoms with Gasteiger partial charge in [-0.05, 0) is 23.8 Å². The number of ketones is 1. The van der Waals surface area contributed by atoms with Crippen LogP contribution in [0, 0.1) is 0 Å². The highest BCUT2D eigenvalue weighted by molar-refractivity contribution is 6.28. The summed E-state index contributed by atoms with van der Waals surface area (Å²) in [6.45, 7) is 0. The fourth-order valence-corrected chi connectivity index (χ4v) is 2.29. The maximum atomic E-state index is 12.0. The van der Waals surface area contributed by atoms with Crippen LogP contribution in [0.5, 0.6) is 0 Å². The monoisotopic (exact) mass is 303 g/mol. The lowest BCUT2D eigenvalue weighted by atomic mass is 10.1. The Morgan fingerprint density at radius 3 is 2.26 bits per heavy atom. The number of nitrogens with zero attached hydrogens (tertiary/aromatic N) is 1. The molecule has 0 spiro atoms. The molecule has 1 aliphatic rings. The Morgan fingerprint density at radius 2 is 1.57 bits per heavy atom. The quantitative estimate of drug-likeness (QED) is 0.495. The van der Waals surface area contributed by atoms with Gasteiger partial charge in [0.05, 0.1) is 5.69 Å². The van der Waals surface area contributed by atoms with Crippen LogP contribution in [0.15, 0.2) is 72.8 Å². The van der Waals surface area contributed by atoms with Crippen LogP contribution in [-0.2, 0) is 9.59 Å². The molecular formula is C19H13NO3. The predicted molar refractivity (Wildman–Crippen MR) is 87.9 cm³/mol. The van der Waals surface area contributed by atoms with E-state index in [4.69, 9.17) is 0 Å². The molecule has 2 aromatic carbocycles. The van der Waals surface area contributed by atoms with Crippen LogP contribution in [0.25, 0.3) is 6.08 Å². The highest BCUT2D eigenvalue weighted by Crippen LogP contribution is 2.21. The van der Waals surface area contributed by atoms with Crippen LogP contribution in [0.3, 0.4) is 0 Å². The number of rotatable bonds is 4. The van der Waals surface area contributed by atoms with Crippen LogP contribution in [0.1, 0.15) is 15.9 Å². The summed E-state index contributed by atoms with van der Waals surface area (Å²) in [5, 5.41) is 0.